The van der Waals surface area contributed by atoms with Crippen LogP contribution >= 0.6 is 0 Å². The number of likely N-dealkylation sites (tertiary alicyclic amines) is 1. The second-order valence-electron chi connectivity index (χ2n) is 9.43. The van der Waals surface area contributed by atoms with Crippen LogP contribution in [0.15, 0.2) is 72.8 Å². The molecule has 6 heteroatoms. The van der Waals surface area contributed by atoms with Crippen molar-refractivity contribution in [3.05, 3.63) is 83.9 Å². The van der Waals surface area contributed by atoms with Gasteiger partial charge in [0.15, 0.2) is 0 Å². The van der Waals surface area contributed by atoms with Gasteiger partial charge >= 0.3 is 0 Å². The van der Waals surface area contributed by atoms with E-state index in [4.69, 9.17) is 14.2 Å². The zero-order valence-electron chi connectivity index (χ0n) is 19.8. The van der Waals surface area contributed by atoms with E-state index in [2.05, 4.69) is 47.4 Å². The molecule has 180 valence electrons. The third-order valence-corrected chi connectivity index (χ3v) is 7.26. The van der Waals surface area contributed by atoms with Crippen LogP contribution < -0.4 is 9.64 Å². The van der Waals surface area contributed by atoms with Crippen LogP contribution in [0.2, 0.25) is 0 Å². The molecule has 35 heavy (non-hydrogen) atoms. The van der Waals surface area contributed by atoms with Gasteiger partial charge in [0.1, 0.15) is 5.75 Å². The molecule has 0 aromatic heterocycles. The van der Waals surface area contributed by atoms with Crippen molar-refractivity contribution in [1.29, 1.82) is 0 Å². The second kappa shape index (κ2) is 9.36. The highest BCUT2D eigenvalue weighted by molar-refractivity contribution is 5.94. The van der Waals surface area contributed by atoms with Gasteiger partial charge in [-0.25, -0.2) is 0 Å². The van der Waals surface area contributed by atoms with Crippen molar-refractivity contribution in [3.63, 3.8) is 0 Å². The Morgan fingerprint density at radius 2 is 1.51 bits per heavy atom. The Bertz CT molecular complexity index is 1180. The summed E-state index contributed by atoms with van der Waals surface area (Å²) in [6.07, 6.45) is 1.32. The van der Waals surface area contributed by atoms with Crippen LogP contribution in [-0.2, 0) is 16.1 Å². The molecule has 2 saturated heterocycles. The van der Waals surface area contributed by atoms with Crippen LogP contribution in [0, 0.1) is 0 Å². The molecule has 3 aromatic rings. The van der Waals surface area contributed by atoms with E-state index in [0.29, 0.717) is 32.5 Å². The summed E-state index contributed by atoms with van der Waals surface area (Å²) in [5, 5.41) is 0. The maximum Gasteiger partial charge on any atom is 0.253 e. The Kier molecular flexibility index (Phi) is 5.92. The predicted molar refractivity (Wildman–Crippen MR) is 135 cm³/mol. The molecule has 3 aliphatic heterocycles. The Morgan fingerprint density at radius 3 is 2.26 bits per heavy atom. The molecule has 0 saturated carbocycles. The van der Waals surface area contributed by atoms with Gasteiger partial charge in [-0.3, -0.25) is 4.79 Å². The van der Waals surface area contributed by atoms with E-state index in [1.165, 1.54) is 11.3 Å². The number of anilines is 1. The van der Waals surface area contributed by atoms with Crippen molar-refractivity contribution in [3.8, 4) is 16.9 Å². The zero-order valence-corrected chi connectivity index (χ0v) is 19.8. The number of hydrogen-bond donors (Lipinski definition) is 0. The van der Waals surface area contributed by atoms with Crippen molar-refractivity contribution in [2.45, 2.75) is 25.2 Å². The molecule has 0 atom stereocenters. The number of ether oxygens (including phenoxy) is 3. The number of rotatable bonds is 3. The standard InChI is InChI=1S/C29H30N2O4/c32-28(23-4-2-1-3-5-23)31-14-12-29(13-15-31)34-21-25-20-24(8-11-27(25)35-29)22-6-9-26(10-7-22)30-16-18-33-19-17-30/h1-11,20H,12-19,21H2. The number of amides is 1. The Hall–Kier alpha value is -3.35. The molecule has 6 nitrogen and oxygen atoms in total. The molecule has 3 heterocycles. The van der Waals surface area contributed by atoms with E-state index in [1.54, 1.807) is 0 Å². The van der Waals surface area contributed by atoms with E-state index in [1.807, 2.05) is 35.2 Å². The number of hydrogen-bond acceptors (Lipinski definition) is 5. The van der Waals surface area contributed by atoms with Crippen molar-refractivity contribution in [1.82, 2.24) is 4.90 Å². The van der Waals surface area contributed by atoms with Crippen LogP contribution in [0.25, 0.3) is 11.1 Å². The molecule has 2 fully saturated rings. The number of carbonyl (C=O) groups is 1. The summed E-state index contributed by atoms with van der Waals surface area (Å²) in [7, 11) is 0. The molecule has 0 bridgehead atoms. The number of morpholine rings is 1. The maximum atomic E-state index is 12.8. The van der Waals surface area contributed by atoms with Gasteiger partial charge in [0, 0.05) is 55.8 Å². The van der Waals surface area contributed by atoms with Gasteiger partial charge in [-0.05, 0) is 47.5 Å². The second-order valence-corrected chi connectivity index (χ2v) is 9.43. The maximum absolute atomic E-state index is 12.8. The molecular formula is C29H30N2O4. The predicted octanol–water partition coefficient (Wildman–Crippen LogP) is 4.73. The summed E-state index contributed by atoms with van der Waals surface area (Å²) in [6, 6.07) is 24.5. The summed E-state index contributed by atoms with van der Waals surface area (Å²) < 4.78 is 18.1. The first-order chi connectivity index (χ1) is 17.2. The lowest BCUT2D eigenvalue weighted by molar-refractivity contribution is -0.225. The number of piperidine rings is 1. The molecule has 0 radical (unpaired) electrons. The first-order valence-electron chi connectivity index (χ1n) is 12.4. The molecule has 1 amide bonds. The normalized spacial score (nSPS) is 19.2. The van der Waals surface area contributed by atoms with Crippen LogP contribution in [-0.4, -0.2) is 56.0 Å². The van der Waals surface area contributed by atoms with E-state index >= 15 is 0 Å². The smallest absolute Gasteiger partial charge is 0.253 e. The third kappa shape index (κ3) is 4.51. The van der Waals surface area contributed by atoms with Gasteiger partial charge in [0.25, 0.3) is 5.91 Å². The highest BCUT2D eigenvalue weighted by atomic mass is 16.7. The third-order valence-electron chi connectivity index (χ3n) is 7.26. The molecular weight excluding hydrogens is 440 g/mol. The number of nitrogens with zero attached hydrogens (tertiary/aromatic N) is 2. The van der Waals surface area contributed by atoms with Crippen molar-refractivity contribution in [2.24, 2.45) is 0 Å². The Labute approximate surface area is 206 Å². The lowest BCUT2D eigenvalue weighted by Crippen LogP contribution is -2.52. The minimum Gasteiger partial charge on any atom is -0.462 e. The SMILES string of the molecule is O=C(c1ccccc1)N1CCC2(CC1)OCc1cc(-c3ccc(N4CCOCC4)cc3)ccc1O2. The highest BCUT2D eigenvalue weighted by Gasteiger charge is 2.42. The molecule has 3 aromatic carbocycles. The lowest BCUT2D eigenvalue weighted by atomic mass is 9.98. The lowest BCUT2D eigenvalue weighted by Gasteiger charge is -2.44. The van der Waals surface area contributed by atoms with Crippen molar-refractivity contribution < 1.29 is 19.0 Å². The first-order valence-corrected chi connectivity index (χ1v) is 12.4. The topological polar surface area (TPSA) is 51.2 Å². The average Bonchev–Trinajstić information content (AvgIpc) is 2.94. The van der Waals surface area contributed by atoms with Crippen LogP contribution in [0.1, 0.15) is 28.8 Å². The summed E-state index contributed by atoms with van der Waals surface area (Å²) in [4.78, 5) is 17.0. The van der Waals surface area contributed by atoms with Crippen molar-refractivity contribution >= 4 is 11.6 Å². The number of fused-ring (bicyclic) bond motifs is 1. The van der Waals surface area contributed by atoms with Gasteiger partial charge in [0.05, 0.1) is 19.8 Å². The number of carbonyl (C=O) groups excluding carboxylic acids is 1. The van der Waals surface area contributed by atoms with Gasteiger partial charge in [0.2, 0.25) is 5.79 Å². The monoisotopic (exact) mass is 470 g/mol. The molecule has 0 N–H and O–H groups in total. The molecule has 6 rings (SSSR count). The van der Waals surface area contributed by atoms with E-state index < -0.39 is 5.79 Å². The van der Waals surface area contributed by atoms with Crippen LogP contribution in [0.4, 0.5) is 5.69 Å². The average molecular weight is 471 g/mol. The van der Waals surface area contributed by atoms with Gasteiger partial charge in [-0.2, -0.15) is 0 Å². The molecule has 0 unspecified atom stereocenters. The first kappa shape index (κ1) is 22.1. The van der Waals surface area contributed by atoms with Crippen molar-refractivity contribution in [2.75, 3.05) is 44.3 Å². The largest absolute Gasteiger partial charge is 0.462 e. The van der Waals surface area contributed by atoms with E-state index in [-0.39, 0.29) is 5.91 Å². The molecule has 3 aliphatic rings. The molecule has 1 spiro atoms. The van der Waals surface area contributed by atoms with Gasteiger partial charge < -0.3 is 24.0 Å². The minimum atomic E-state index is -0.651. The van der Waals surface area contributed by atoms with Crippen LogP contribution in [0.3, 0.4) is 0 Å². The fraction of sp³-hybridized carbons (Fsp3) is 0.345. The quantitative estimate of drug-likeness (QED) is 0.554. The fourth-order valence-electron chi connectivity index (χ4n) is 5.16. The summed E-state index contributed by atoms with van der Waals surface area (Å²) in [5.74, 6) is 0.302. The van der Waals surface area contributed by atoms with Gasteiger partial charge in [-0.1, -0.05) is 36.4 Å². The Morgan fingerprint density at radius 1 is 0.800 bits per heavy atom. The fourth-order valence-corrected chi connectivity index (χ4v) is 5.16. The summed E-state index contributed by atoms with van der Waals surface area (Å²) in [5.41, 5.74) is 5.36. The summed E-state index contributed by atoms with van der Waals surface area (Å²) >= 11 is 0. The van der Waals surface area contributed by atoms with E-state index in [0.717, 1.165) is 48.7 Å². The summed E-state index contributed by atoms with van der Waals surface area (Å²) in [6.45, 7) is 5.21. The number of benzene rings is 3. The van der Waals surface area contributed by atoms with E-state index in [9.17, 15) is 4.79 Å². The van der Waals surface area contributed by atoms with Crippen LogP contribution in [0.5, 0.6) is 5.75 Å². The Balaban J connectivity index is 1.11. The van der Waals surface area contributed by atoms with Gasteiger partial charge in [-0.15, -0.1) is 0 Å². The zero-order chi connectivity index (χ0) is 23.7. The highest BCUT2D eigenvalue weighted by Crippen LogP contribution is 2.39. The molecule has 0 aliphatic carbocycles. The minimum absolute atomic E-state index is 0.0703.